The van der Waals surface area contributed by atoms with Crippen LogP contribution < -0.4 is 0 Å². The van der Waals surface area contributed by atoms with Crippen molar-refractivity contribution in [2.75, 3.05) is 0 Å². The Morgan fingerprint density at radius 2 is 2.06 bits per heavy atom. The highest BCUT2D eigenvalue weighted by atomic mass is 32.2. The highest BCUT2D eigenvalue weighted by Gasteiger charge is 2.18. The topological polar surface area (TPSA) is 70.2 Å². The molecule has 0 aliphatic rings. The van der Waals surface area contributed by atoms with Crippen LogP contribution in [0.25, 0.3) is 10.9 Å². The number of hydrogen-bond acceptors (Lipinski definition) is 3. The quantitative estimate of drug-likeness (QED) is 0.881. The number of H-pyrrole nitrogens is 1. The summed E-state index contributed by atoms with van der Waals surface area (Å²) in [7, 11) is -3.11. The molecule has 92 valence electrons. The molecule has 2 rings (SSSR count). The maximum atomic E-state index is 11.8. The van der Waals surface area contributed by atoms with E-state index in [1.54, 1.807) is 38.2 Å². The predicted molar refractivity (Wildman–Crippen MR) is 67.7 cm³/mol. The van der Waals surface area contributed by atoms with Crippen LogP contribution in [0.3, 0.4) is 0 Å². The van der Waals surface area contributed by atoms with Crippen molar-refractivity contribution in [3.05, 3.63) is 30.0 Å². The predicted octanol–water partition coefficient (Wildman–Crippen LogP) is 2.20. The zero-order valence-electron chi connectivity index (χ0n) is 9.77. The van der Waals surface area contributed by atoms with Crippen LogP contribution in [0.1, 0.15) is 19.4 Å². The average Bonchev–Trinajstić information content (AvgIpc) is 2.60. The number of sulfone groups is 1. The summed E-state index contributed by atoms with van der Waals surface area (Å²) in [5, 5.41) is 9.78. The molecule has 0 atom stereocenters. The summed E-state index contributed by atoms with van der Waals surface area (Å²) in [5.74, 6) is 0.188. The Bertz CT molecular complexity index is 641. The molecule has 2 N–H and O–H groups in total. The van der Waals surface area contributed by atoms with Crippen LogP contribution >= 0.6 is 0 Å². The first-order valence-electron chi connectivity index (χ1n) is 5.40. The van der Waals surface area contributed by atoms with Crippen molar-refractivity contribution < 1.29 is 13.5 Å². The summed E-state index contributed by atoms with van der Waals surface area (Å²) < 4.78 is 23.7. The molecule has 0 spiro atoms. The van der Waals surface area contributed by atoms with Gasteiger partial charge in [-0.05, 0) is 31.5 Å². The van der Waals surface area contributed by atoms with Gasteiger partial charge in [0.2, 0.25) is 0 Å². The third-order valence-electron chi connectivity index (χ3n) is 2.83. The number of aromatic amines is 1. The van der Waals surface area contributed by atoms with Crippen molar-refractivity contribution in [3.8, 4) is 5.75 Å². The van der Waals surface area contributed by atoms with Crippen LogP contribution in [0.15, 0.2) is 24.4 Å². The van der Waals surface area contributed by atoms with E-state index in [-0.39, 0.29) is 16.8 Å². The van der Waals surface area contributed by atoms with E-state index < -0.39 is 9.84 Å². The lowest BCUT2D eigenvalue weighted by Crippen LogP contribution is -2.15. The molecule has 0 aliphatic heterocycles. The zero-order chi connectivity index (χ0) is 12.6. The van der Waals surface area contributed by atoms with Gasteiger partial charge in [0.05, 0.1) is 11.0 Å². The van der Waals surface area contributed by atoms with Gasteiger partial charge in [-0.2, -0.15) is 0 Å². The lowest BCUT2D eigenvalue weighted by atomic mass is 10.2. The lowest BCUT2D eigenvalue weighted by Gasteiger charge is -2.06. The van der Waals surface area contributed by atoms with Gasteiger partial charge in [-0.1, -0.05) is 0 Å². The first kappa shape index (κ1) is 12.0. The van der Waals surface area contributed by atoms with E-state index in [2.05, 4.69) is 4.98 Å². The second-order valence-corrected chi connectivity index (χ2v) is 6.96. The van der Waals surface area contributed by atoms with Gasteiger partial charge in [-0.15, -0.1) is 0 Å². The van der Waals surface area contributed by atoms with Crippen LogP contribution in [0, 0.1) is 0 Å². The fraction of sp³-hybridized carbons (Fsp3) is 0.333. The minimum absolute atomic E-state index is 0.0233. The number of phenolic OH excluding ortho intramolecular Hbond substituents is 1. The van der Waals surface area contributed by atoms with Gasteiger partial charge in [0, 0.05) is 23.2 Å². The summed E-state index contributed by atoms with van der Waals surface area (Å²) in [4.78, 5) is 2.97. The molecular weight excluding hydrogens is 238 g/mol. The smallest absolute Gasteiger partial charge is 0.156 e. The van der Waals surface area contributed by atoms with Crippen LogP contribution in [0.4, 0.5) is 0 Å². The van der Waals surface area contributed by atoms with Crippen molar-refractivity contribution in [1.29, 1.82) is 0 Å². The van der Waals surface area contributed by atoms with Crippen molar-refractivity contribution in [2.45, 2.75) is 24.9 Å². The third-order valence-corrected chi connectivity index (χ3v) is 4.98. The molecule has 0 amide bonds. The van der Waals surface area contributed by atoms with Gasteiger partial charge in [-0.3, -0.25) is 0 Å². The van der Waals surface area contributed by atoms with Crippen molar-refractivity contribution in [2.24, 2.45) is 0 Å². The summed E-state index contributed by atoms with van der Waals surface area (Å²) in [6, 6.07) is 4.87. The van der Waals surface area contributed by atoms with Gasteiger partial charge in [0.25, 0.3) is 0 Å². The Kier molecular flexibility index (Phi) is 2.87. The number of nitrogens with one attached hydrogen (secondary N) is 1. The fourth-order valence-electron chi connectivity index (χ4n) is 1.68. The van der Waals surface area contributed by atoms with Crippen LogP contribution in [-0.4, -0.2) is 23.8 Å². The number of phenols is 1. The van der Waals surface area contributed by atoms with Gasteiger partial charge in [0.15, 0.2) is 9.84 Å². The van der Waals surface area contributed by atoms with E-state index in [1.165, 1.54) is 0 Å². The monoisotopic (exact) mass is 253 g/mol. The molecule has 5 heteroatoms. The molecule has 0 radical (unpaired) electrons. The van der Waals surface area contributed by atoms with Crippen LogP contribution in [0.5, 0.6) is 5.75 Å². The second-order valence-electron chi connectivity index (χ2n) is 4.40. The van der Waals surface area contributed by atoms with E-state index in [9.17, 15) is 13.5 Å². The number of hydrogen-bond donors (Lipinski definition) is 2. The molecule has 17 heavy (non-hydrogen) atoms. The molecule has 1 aromatic carbocycles. The highest BCUT2D eigenvalue weighted by Crippen LogP contribution is 2.24. The number of aromatic hydroxyl groups is 1. The summed E-state index contributed by atoms with van der Waals surface area (Å²) in [6.07, 6.45) is 1.68. The second kappa shape index (κ2) is 4.07. The highest BCUT2D eigenvalue weighted by molar-refractivity contribution is 7.91. The van der Waals surface area contributed by atoms with Crippen molar-refractivity contribution >= 4 is 20.7 Å². The standard InChI is InChI=1S/C12H15NO3S/c1-8(2)17(15,16)7-9-6-13-12-5-10(14)3-4-11(9)12/h3-6,8,13-14H,7H2,1-2H3. The first-order valence-corrected chi connectivity index (χ1v) is 7.12. The molecule has 0 saturated heterocycles. The minimum atomic E-state index is -3.11. The van der Waals surface area contributed by atoms with E-state index in [1.807, 2.05) is 0 Å². The minimum Gasteiger partial charge on any atom is -0.508 e. The van der Waals surface area contributed by atoms with Crippen molar-refractivity contribution in [1.82, 2.24) is 4.98 Å². The van der Waals surface area contributed by atoms with Crippen LogP contribution in [0.2, 0.25) is 0 Å². The number of rotatable bonds is 3. The molecule has 2 aromatic rings. The van der Waals surface area contributed by atoms with Crippen molar-refractivity contribution in [3.63, 3.8) is 0 Å². The van der Waals surface area contributed by atoms with E-state index in [4.69, 9.17) is 0 Å². The normalized spacial score (nSPS) is 12.4. The number of benzene rings is 1. The molecule has 0 saturated carbocycles. The van der Waals surface area contributed by atoms with Gasteiger partial charge < -0.3 is 10.1 Å². The molecule has 4 nitrogen and oxygen atoms in total. The van der Waals surface area contributed by atoms with E-state index in [0.717, 1.165) is 16.5 Å². The fourth-order valence-corrected chi connectivity index (χ4v) is 2.68. The average molecular weight is 253 g/mol. The maximum absolute atomic E-state index is 11.8. The SMILES string of the molecule is CC(C)S(=O)(=O)Cc1c[nH]c2cc(O)ccc12. The molecule has 1 heterocycles. The molecule has 0 fully saturated rings. The molecule has 0 bridgehead atoms. The van der Waals surface area contributed by atoms with Crippen LogP contribution in [-0.2, 0) is 15.6 Å². The maximum Gasteiger partial charge on any atom is 0.156 e. The molecular formula is C12H15NO3S. The summed E-state index contributed by atoms with van der Waals surface area (Å²) in [5.41, 5.74) is 1.49. The van der Waals surface area contributed by atoms with E-state index in [0.29, 0.717) is 0 Å². The largest absolute Gasteiger partial charge is 0.508 e. The molecule has 0 unspecified atom stereocenters. The van der Waals surface area contributed by atoms with Gasteiger partial charge >= 0.3 is 0 Å². The molecule has 1 aromatic heterocycles. The zero-order valence-corrected chi connectivity index (χ0v) is 10.6. The van der Waals surface area contributed by atoms with Gasteiger partial charge in [0.1, 0.15) is 5.75 Å². The Hall–Kier alpha value is -1.49. The summed E-state index contributed by atoms with van der Waals surface area (Å²) in [6.45, 7) is 3.35. The Morgan fingerprint density at radius 3 is 2.71 bits per heavy atom. The Morgan fingerprint density at radius 1 is 1.35 bits per heavy atom. The first-order chi connectivity index (χ1) is 7.90. The third kappa shape index (κ3) is 2.29. The van der Waals surface area contributed by atoms with E-state index >= 15 is 0 Å². The van der Waals surface area contributed by atoms with Gasteiger partial charge in [-0.25, -0.2) is 8.42 Å². The lowest BCUT2D eigenvalue weighted by molar-refractivity contribution is 0.476. The Labute approximate surface area is 100 Å². The molecule has 0 aliphatic carbocycles. The Balaban J connectivity index is 2.45. The summed E-state index contributed by atoms with van der Waals surface area (Å²) >= 11 is 0. The number of aromatic nitrogens is 1. The number of fused-ring (bicyclic) bond motifs is 1.